The summed E-state index contributed by atoms with van der Waals surface area (Å²) in [5.74, 6) is 0.0981. The third kappa shape index (κ3) is 2.73. The summed E-state index contributed by atoms with van der Waals surface area (Å²) in [4.78, 5) is 28.2. The molecular formula is C15H12N4O3. The fourth-order valence-corrected chi connectivity index (χ4v) is 1.96. The lowest BCUT2D eigenvalue weighted by atomic mass is 10.2. The van der Waals surface area contributed by atoms with E-state index in [0.29, 0.717) is 16.6 Å². The van der Waals surface area contributed by atoms with E-state index in [4.69, 9.17) is 0 Å². The van der Waals surface area contributed by atoms with Crippen LogP contribution in [-0.2, 0) is 0 Å². The highest BCUT2D eigenvalue weighted by atomic mass is 16.3. The zero-order valence-electron chi connectivity index (χ0n) is 11.4. The molecule has 0 radical (unpaired) electrons. The lowest BCUT2D eigenvalue weighted by Gasteiger charge is -2.10. The maximum Gasteiger partial charge on any atom is 0.338 e. The highest BCUT2D eigenvalue weighted by Crippen LogP contribution is 2.13. The Kier molecular flexibility index (Phi) is 3.45. The molecule has 0 atom stereocenters. The number of fused-ring (bicyclic) bond motifs is 1. The minimum atomic E-state index is -0.593. The monoisotopic (exact) mass is 296 g/mol. The fourth-order valence-electron chi connectivity index (χ4n) is 1.96. The Morgan fingerprint density at radius 2 is 1.82 bits per heavy atom. The summed E-state index contributed by atoms with van der Waals surface area (Å²) in [5.41, 5.74) is 3.07. The molecular weight excluding hydrogens is 284 g/mol. The van der Waals surface area contributed by atoms with E-state index in [0.717, 1.165) is 4.68 Å². The molecule has 0 aliphatic rings. The van der Waals surface area contributed by atoms with Gasteiger partial charge in [0.25, 0.3) is 5.56 Å². The zero-order chi connectivity index (χ0) is 15.5. The van der Waals surface area contributed by atoms with Crippen molar-refractivity contribution >= 4 is 22.6 Å². The predicted octanol–water partition coefficient (Wildman–Crippen LogP) is 1.88. The van der Waals surface area contributed by atoms with Crippen LogP contribution >= 0.6 is 0 Å². The first-order chi connectivity index (χ1) is 10.6. The number of hydrogen-bond donors (Lipinski definition) is 3. The molecule has 7 nitrogen and oxygen atoms in total. The molecule has 3 N–H and O–H groups in total. The number of amides is 2. The number of nitrogens with zero attached hydrogens (tertiary/aromatic N) is 2. The summed E-state index contributed by atoms with van der Waals surface area (Å²) in [7, 11) is 0. The Balaban J connectivity index is 1.81. The summed E-state index contributed by atoms with van der Waals surface area (Å²) < 4.78 is 1.01. The van der Waals surface area contributed by atoms with Crippen molar-refractivity contribution in [2.75, 3.05) is 10.7 Å². The zero-order valence-corrected chi connectivity index (χ0v) is 11.4. The summed E-state index contributed by atoms with van der Waals surface area (Å²) in [6.07, 6.45) is 1.25. The molecule has 0 fully saturated rings. The SMILES string of the molecule is O=C(Nc1ccc(O)cc1)Nn1cnc2ccccc2c1=O. The third-order valence-corrected chi connectivity index (χ3v) is 3.01. The van der Waals surface area contributed by atoms with Crippen LogP contribution in [0.2, 0.25) is 0 Å². The number of benzene rings is 2. The van der Waals surface area contributed by atoms with E-state index < -0.39 is 6.03 Å². The molecule has 0 bridgehead atoms. The lowest BCUT2D eigenvalue weighted by Crippen LogP contribution is -2.35. The van der Waals surface area contributed by atoms with Gasteiger partial charge < -0.3 is 10.4 Å². The van der Waals surface area contributed by atoms with Gasteiger partial charge in [-0.15, -0.1) is 0 Å². The number of phenolic OH excluding ortho intramolecular Hbond substituents is 1. The number of anilines is 1. The Labute approximate surface area is 124 Å². The molecule has 2 aromatic carbocycles. The minimum Gasteiger partial charge on any atom is -0.508 e. The summed E-state index contributed by atoms with van der Waals surface area (Å²) >= 11 is 0. The number of rotatable bonds is 2. The van der Waals surface area contributed by atoms with Crippen LogP contribution in [0.1, 0.15) is 0 Å². The molecule has 0 aliphatic carbocycles. The van der Waals surface area contributed by atoms with Gasteiger partial charge in [0.1, 0.15) is 12.1 Å². The molecule has 0 aliphatic heterocycles. The lowest BCUT2D eigenvalue weighted by molar-refractivity contribution is 0.259. The van der Waals surface area contributed by atoms with Crippen LogP contribution in [0.25, 0.3) is 10.9 Å². The smallest absolute Gasteiger partial charge is 0.338 e. The van der Waals surface area contributed by atoms with Crippen LogP contribution in [0.5, 0.6) is 5.75 Å². The normalized spacial score (nSPS) is 10.4. The van der Waals surface area contributed by atoms with Gasteiger partial charge in [-0.25, -0.2) is 19.9 Å². The quantitative estimate of drug-likeness (QED) is 0.629. The van der Waals surface area contributed by atoms with Gasteiger partial charge in [0.05, 0.1) is 10.9 Å². The van der Waals surface area contributed by atoms with E-state index in [1.807, 2.05) is 0 Å². The molecule has 3 rings (SSSR count). The minimum absolute atomic E-state index is 0.0981. The van der Waals surface area contributed by atoms with Crippen molar-refractivity contribution in [2.24, 2.45) is 0 Å². The summed E-state index contributed by atoms with van der Waals surface area (Å²) in [6, 6.07) is 12.2. The van der Waals surface area contributed by atoms with Crippen LogP contribution in [0, 0.1) is 0 Å². The fraction of sp³-hybridized carbons (Fsp3) is 0. The third-order valence-electron chi connectivity index (χ3n) is 3.01. The van der Waals surface area contributed by atoms with E-state index in [-0.39, 0.29) is 11.3 Å². The number of urea groups is 1. The number of carbonyl (C=O) groups excluding carboxylic acids is 1. The second-order valence-electron chi connectivity index (χ2n) is 4.55. The van der Waals surface area contributed by atoms with E-state index >= 15 is 0 Å². The largest absolute Gasteiger partial charge is 0.508 e. The van der Waals surface area contributed by atoms with Gasteiger partial charge in [-0.2, -0.15) is 0 Å². The van der Waals surface area contributed by atoms with Gasteiger partial charge in [0.15, 0.2) is 0 Å². The highest BCUT2D eigenvalue weighted by Gasteiger charge is 2.07. The first-order valence-electron chi connectivity index (χ1n) is 6.47. The van der Waals surface area contributed by atoms with E-state index in [9.17, 15) is 14.7 Å². The molecule has 7 heteroatoms. The van der Waals surface area contributed by atoms with Crippen molar-refractivity contribution in [2.45, 2.75) is 0 Å². The Bertz CT molecular complexity index is 887. The topological polar surface area (TPSA) is 96.2 Å². The van der Waals surface area contributed by atoms with Gasteiger partial charge in [-0.1, -0.05) is 12.1 Å². The summed E-state index contributed by atoms with van der Waals surface area (Å²) in [5, 5.41) is 12.1. The van der Waals surface area contributed by atoms with Crippen LogP contribution in [0.4, 0.5) is 10.5 Å². The highest BCUT2D eigenvalue weighted by molar-refractivity contribution is 5.95. The van der Waals surface area contributed by atoms with Crippen molar-refractivity contribution in [3.05, 3.63) is 65.2 Å². The van der Waals surface area contributed by atoms with Crippen molar-refractivity contribution in [3.63, 3.8) is 0 Å². The molecule has 110 valence electrons. The molecule has 0 saturated carbocycles. The number of aromatic nitrogens is 2. The van der Waals surface area contributed by atoms with Gasteiger partial charge >= 0.3 is 6.03 Å². The van der Waals surface area contributed by atoms with E-state index in [2.05, 4.69) is 15.7 Å². The first-order valence-corrected chi connectivity index (χ1v) is 6.47. The number of hydrogen-bond acceptors (Lipinski definition) is 4. The van der Waals surface area contributed by atoms with Gasteiger partial charge in [-0.05, 0) is 36.4 Å². The van der Waals surface area contributed by atoms with E-state index in [1.54, 1.807) is 24.3 Å². The second kappa shape index (κ2) is 5.57. The standard InChI is InChI=1S/C15H12N4O3/c20-11-7-5-10(6-8-11)17-15(22)18-19-9-16-13-4-2-1-3-12(13)14(19)21/h1-9,20H,(H2,17,18,22). The second-order valence-corrected chi connectivity index (χ2v) is 4.55. The maximum absolute atomic E-state index is 12.2. The van der Waals surface area contributed by atoms with Gasteiger partial charge in [-0.3, -0.25) is 4.79 Å². The number of nitrogens with one attached hydrogen (secondary N) is 2. The molecule has 22 heavy (non-hydrogen) atoms. The number of carbonyl (C=O) groups is 1. The first kappa shape index (κ1) is 13.6. The molecule has 0 saturated heterocycles. The van der Waals surface area contributed by atoms with Crippen molar-refractivity contribution in [1.82, 2.24) is 9.66 Å². The Hall–Kier alpha value is -3.35. The molecule has 1 aromatic heterocycles. The maximum atomic E-state index is 12.2. The molecule has 1 heterocycles. The van der Waals surface area contributed by atoms with Crippen LogP contribution in [0.3, 0.4) is 0 Å². The van der Waals surface area contributed by atoms with Crippen LogP contribution in [-0.4, -0.2) is 20.8 Å². The Morgan fingerprint density at radius 3 is 2.59 bits per heavy atom. The average molecular weight is 296 g/mol. The van der Waals surface area contributed by atoms with Crippen LogP contribution in [0.15, 0.2) is 59.7 Å². The van der Waals surface area contributed by atoms with Gasteiger partial charge in [0, 0.05) is 5.69 Å². The summed E-state index contributed by atoms with van der Waals surface area (Å²) in [6.45, 7) is 0. The number of phenols is 1. The average Bonchev–Trinajstić information content (AvgIpc) is 2.53. The predicted molar refractivity (Wildman–Crippen MR) is 82.5 cm³/mol. The van der Waals surface area contributed by atoms with Crippen molar-refractivity contribution in [1.29, 1.82) is 0 Å². The van der Waals surface area contributed by atoms with Gasteiger partial charge in [0.2, 0.25) is 0 Å². The Morgan fingerprint density at radius 1 is 1.09 bits per heavy atom. The number of aromatic hydroxyl groups is 1. The number of para-hydroxylation sites is 1. The molecule has 0 spiro atoms. The molecule has 2 amide bonds. The molecule has 3 aromatic rings. The van der Waals surface area contributed by atoms with E-state index in [1.165, 1.54) is 30.6 Å². The van der Waals surface area contributed by atoms with Crippen molar-refractivity contribution in [3.8, 4) is 5.75 Å². The molecule has 0 unspecified atom stereocenters. The van der Waals surface area contributed by atoms with Crippen molar-refractivity contribution < 1.29 is 9.90 Å². The van der Waals surface area contributed by atoms with Crippen LogP contribution < -0.4 is 16.3 Å².